The maximum atomic E-state index is 12.2. The Kier molecular flexibility index (Phi) is 7.08. The molecule has 1 aliphatic rings. The fraction of sp³-hybridized carbons (Fsp3) is 0.429. The maximum absolute atomic E-state index is 12.2. The number of carbonyl (C=O) groups excluding carboxylic acids is 2. The first kappa shape index (κ1) is 19.9. The SMILES string of the molecule is COc1ccc(C(CNC(=O)CNC(=O)c2ccco2)N2CCCCC2)cc1. The van der Waals surface area contributed by atoms with E-state index in [2.05, 4.69) is 15.5 Å². The van der Waals surface area contributed by atoms with E-state index in [-0.39, 0.29) is 24.3 Å². The molecule has 1 atom stereocenters. The average Bonchev–Trinajstić information content (AvgIpc) is 3.28. The molecule has 0 aliphatic carbocycles. The Morgan fingerprint density at radius 2 is 1.86 bits per heavy atom. The molecule has 7 heteroatoms. The zero-order chi connectivity index (χ0) is 19.8. The molecule has 28 heavy (non-hydrogen) atoms. The summed E-state index contributed by atoms with van der Waals surface area (Å²) in [4.78, 5) is 26.5. The van der Waals surface area contributed by atoms with Gasteiger partial charge in [-0.2, -0.15) is 0 Å². The van der Waals surface area contributed by atoms with Gasteiger partial charge in [0.25, 0.3) is 5.91 Å². The molecule has 0 bridgehead atoms. The van der Waals surface area contributed by atoms with Crippen molar-refractivity contribution in [2.75, 3.05) is 33.3 Å². The third-order valence-electron chi connectivity index (χ3n) is 4.98. The molecule has 2 aromatic rings. The summed E-state index contributed by atoms with van der Waals surface area (Å²) >= 11 is 0. The minimum absolute atomic E-state index is 0.0884. The summed E-state index contributed by atoms with van der Waals surface area (Å²) in [6.07, 6.45) is 5.00. The second kappa shape index (κ2) is 9.94. The highest BCUT2D eigenvalue weighted by Crippen LogP contribution is 2.25. The smallest absolute Gasteiger partial charge is 0.287 e. The van der Waals surface area contributed by atoms with E-state index in [1.165, 1.54) is 25.5 Å². The van der Waals surface area contributed by atoms with Crippen molar-refractivity contribution in [1.29, 1.82) is 0 Å². The van der Waals surface area contributed by atoms with E-state index in [0.717, 1.165) is 24.4 Å². The number of piperidine rings is 1. The second-order valence-electron chi connectivity index (χ2n) is 6.85. The summed E-state index contributed by atoms with van der Waals surface area (Å²) in [6.45, 7) is 2.43. The van der Waals surface area contributed by atoms with E-state index in [1.807, 2.05) is 24.3 Å². The van der Waals surface area contributed by atoms with Crippen molar-refractivity contribution in [3.05, 3.63) is 54.0 Å². The quantitative estimate of drug-likeness (QED) is 0.729. The number of ether oxygens (including phenoxy) is 1. The lowest BCUT2D eigenvalue weighted by Gasteiger charge is -2.35. The minimum atomic E-state index is -0.400. The molecule has 2 N–H and O–H groups in total. The van der Waals surface area contributed by atoms with Crippen LogP contribution in [0.25, 0.3) is 0 Å². The predicted octanol–water partition coefficient (Wildman–Crippen LogP) is 2.36. The van der Waals surface area contributed by atoms with E-state index >= 15 is 0 Å². The summed E-state index contributed by atoms with van der Waals surface area (Å²) in [7, 11) is 1.65. The van der Waals surface area contributed by atoms with Crippen LogP contribution in [0.4, 0.5) is 0 Å². The number of nitrogens with zero attached hydrogens (tertiary/aromatic N) is 1. The normalized spacial score (nSPS) is 15.6. The number of methoxy groups -OCH3 is 1. The van der Waals surface area contributed by atoms with E-state index in [1.54, 1.807) is 19.2 Å². The molecule has 0 spiro atoms. The van der Waals surface area contributed by atoms with Gasteiger partial charge in [0.15, 0.2) is 5.76 Å². The molecule has 1 unspecified atom stereocenters. The Balaban J connectivity index is 1.57. The maximum Gasteiger partial charge on any atom is 0.287 e. The highest BCUT2D eigenvalue weighted by atomic mass is 16.5. The molecule has 3 rings (SSSR count). The van der Waals surface area contributed by atoms with Gasteiger partial charge in [0.2, 0.25) is 5.91 Å². The number of amides is 2. The first-order valence-electron chi connectivity index (χ1n) is 9.64. The molecule has 1 aromatic carbocycles. The van der Waals surface area contributed by atoms with Gasteiger partial charge in [0, 0.05) is 6.54 Å². The summed E-state index contributed by atoms with van der Waals surface area (Å²) in [5.41, 5.74) is 1.14. The van der Waals surface area contributed by atoms with Gasteiger partial charge in [-0.25, -0.2) is 0 Å². The standard InChI is InChI=1S/C21H27N3O4/c1-27-17-9-7-16(8-10-17)18(24-11-3-2-4-12-24)14-22-20(25)15-23-21(26)19-6-5-13-28-19/h5-10,13,18H,2-4,11-12,14-15H2,1H3,(H,22,25)(H,23,26). The number of benzene rings is 1. The van der Waals surface area contributed by atoms with Crippen LogP contribution < -0.4 is 15.4 Å². The van der Waals surface area contributed by atoms with Gasteiger partial charge in [-0.1, -0.05) is 18.6 Å². The monoisotopic (exact) mass is 385 g/mol. The van der Waals surface area contributed by atoms with Gasteiger partial charge in [0.1, 0.15) is 5.75 Å². The van der Waals surface area contributed by atoms with Crippen LogP contribution in [0.15, 0.2) is 47.1 Å². The van der Waals surface area contributed by atoms with Crippen molar-refractivity contribution in [2.45, 2.75) is 25.3 Å². The molecule has 150 valence electrons. The van der Waals surface area contributed by atoms with E-state index in [0.29, 0.717) is 6.54 Å². The number of carbonyl (C=O) groups is 2. The Bertz CT molecular complexity index is 752. The van der Waals surface area contributed by atoms with Crippen LogP contribution in [0.1, 0.15) is 41.4 Å². The van der Waals surface area contributed by atoms with Gasteiger partial charge in [-0.15, -0.1) is 0 Å². The number of nitrogens with one attached hydrogen (secondary N) is 2. The zero-order valence-corrected chi connectivity index (χ0v) is 16.1. The Labute approximate surface area is 165 Å². The third kappa shape index (κ3) is 5.36. The molecule has 1 aliphatic heterocycles. The minimum Gasteiger partial charge on any atom is -0.497 e. The fourth-order valence-electron chi connectivity index (χ4n) is 3.44. The molecule has 1 saturated heterocycles. The lowest BCUT2D eigenvalue weighted by molar-refractivity contribution is -0.120. The molecule has 0 radical (unpaired) electrons. The van der Waals surface area contributed by atoms with Crippen molar-refractivity contribution >= 4 is 11.8 Å². The van der Waals surface area contributed by atoms with Crippen LogP contribution in [0.5, 0.6) is 5.75 Å². The van der Waals surface area contributed by atoms with E-state index < -0.39 is 5.91 Å². The summed E-state index contributed by atoms with van der Waals surface area (Å²) in [5, 5.41) is 5.52. The largest absolute Gasteiger partial charge is 0.497 e. The highest BCUT2D eigenvalue weighted by molar-refractivity contribution is 5.94. The van der Waals surface area contributed by atoms with Gasteiger partial charge in [-0.05, 0) is 55.8 Å². The number of rotatable bonds is 8. The number of furan rings is 1. The molecule has 2 amide bonds. The number of hydrogen-bond acceptors (Lipinski definition) is 5. The average molecular weight is 385 g/mol. The Hall–Kier alpha value is -2.80. The zero-order valence-electron chi connectivity index (χ0n) is 16.1. The van der Waals surface area contributed by atoms with E-state index in [9.17, 15) is 9.59 Å². The van der Waals surface area contributed by atoms with Crippen LogP contribution in [0.3, 0.4) is 0 Å². The fourth-order valence-corrected chi connectivity index (χ4v) is 3.44. The lowest BCUT2D eigenvalue weighted by Crippen LogP contribution is -2.43. The third-order valence-corrected chi connectivity index (χ3v) is 4.98. The second-order valence-corrected chi connectivity index (χ2v) is 6.85. The van der Waals surface area contributed by atoms with Crippen LogP contribution in [0, 0.1) is 0 Å². The molecule has 1 fully saturated rings. The van der Waals surface area contributed by atoms with Crippen LogP contribution in [-0.4, -0.2) is 50.0 Å². The molecular weight excluding hydrogens is 358 g/mol. The summed E-state index contributed by atoms with van der Waals surface area (Å²) in [6, 6.07) is 11.3. The van der Waals surface area contributed by atoms with Crippen molar-refractivity contribution in [3.8, 4) is 5.75 Å². The molecular formula is C21H27N3O4. The highest BCUT2D eigenvalue weighted by Gasteiger charge is 2.23. The van der Waals surface area contributed by atoms with Crippen molar-refractivity contribution < 1.29 is 18.7 Å². The first-order valence-corrected chi connectivity index (χ1v) is 9.64. The van der Waals surface area contributed by atoms with Gasteiger partial charge in [0.05, 0.1) is 26.0 Å². The molecule has 2 heterocycles. The first-order chi connectivity index (χ1) is 13.7. The van der Waals surface area contributed by atoms with Gasteiger partial charge in [-0.3, -0.25) is 14.5 Å². The lowest BCUT2D eigenvalue weighted by atomic mass is 10.0. The van der Waals surface area contributed by atoms with E-state index in [4.69, 9.17) is 9.15 Å². The summed E-state index contributed by atoms with van der Waals surface area (Å²) < 4.78 is 10.3. The Morgan fingerprint density at radius 1 is 1.11 bits per heavy atom. The summed E-state index contributed by atoms with van der Waals surface area (Å²) in [5.74, 6) is 0.376. The molecule has 1 aromatic heterocycles. The van der Waals surface area contributed by atoms with Crippen LogP contribution in [-0.2, 0) is 4.79 Å². The Morgan fingerprint density at radius 3 is 2.50 bits per heavy atom. The van der Waals surface area contributed by atoms with Gasteiger partial charge < -0.3 is 19.8 Å². The van der Waals surface area contributed by atoms with Crippen molar-refractivity contribution in [1.82, 2.24) is 15.5 Å². The molecule has 7 nitrogen and oxygen atoms in total. The number of likely N-dealkylation sites (tertiary alicyclic amines) is 1. The van der Waals surface area contributed by atoms with Crippen LogP contribution in [0.2, 0.25) is 0 Å². The van der Waals surface area contributed by atoms with Crippen molar-refractivity contribution in [2.24, 2.45) is 0 Å². The predicted molar refractivity (Wildman–Crippen MR) is 105 cm³/mol. The number of hydrogen-bond donors (Lipinski definition) is 2. The van der Waals surface area contributed by atoms with Crippen LogP contribution >= 0.6 is 0 Å². The molecule has 0 saturated carbocycles. The topological polar surface area (TPSA) is 83.8 Å². The van der Waals surface area contributed by atoms with Gasteiger partial charge >= 0.3 is 0 Å². The van der Waals surface area contributed by atoms with Crippen molar-refractivity contribution in [3.63, 3.8) is 0 Å².